The number of aromatic nitrogens is 3. The zero-order valence-electron chi connectivity index (χ0n) is 20.1. The van der Waals surface area contributed by atoms with E-state index in [4.69, 9.17) is 4.74 Å². The van der Waals surface area contributed by atoms with E-state index < -0.39 is 12.1 Å². The number of benzene rings is 1. The number of hydrogen-bond acceptors (Lipinski definition) is 6. The van der Waals surface area contributed by atoms with Gasteiger partial charge < -0.3 is 14.7 Å². The number of aryl methyl sites for hydroxylation is 1. The highest BCUT2D eigenvalue weighted by molar-refractivity contribution is 5.83. The predicted molar refractivity (Wildman–Crippen MR) is 132 cm³/mol. The van der Waals surface area contributed by atoms with Gasteiger partial charge in [0.1, 0.15) is 18.2 Å². The fourth-order valence-corrected chi connectivity index (χ4v) is 5.21. The zero-order valence-corrected chi connectivity index (χ0v) is 20.1. The van der Waals surface area contributed by atoms with Crippen LogP contribution in [0.5, 0.6) is 5.75 Å². The molecular weight excluding hydrogens is 447 g/mol. The summed E-state index contributed by atoms with van der Waals surface area (Å²) < 4.78 is 20.8. The molecule has 4 rings (SSSR count). The molecule has 1 aromatic carbocycles. The molecule has 2 aromatic heterocycles. The van der Waals surface area contributed by atoms with Gasteiger partial charge in [-0.05, 0) is 92.9 Å². The monoisotopic (exact) mass is 480 g/mol. The Kier molecular flexibility index (Phi) is 8.58. The van der Waals surface area contributed by atoms with Crippen molar-refractivity contribution in [2.45, 2.75) is 44.7 Å². The number of fused-ring (bicyclic) bond motifs is 1. The van der Waals surface area contributed by atoms with Gasteiger partial charge in [0, 0.05) is 36.4 Å². The average molecular weight is 481 g/mol. The normalized spacial score (nSPS) is 19.5. The third-order valence-corrected chi connectivity index (χ3v) is 7.07. The minimum absolute atomic E-state index is 0.0294. The third kappa shape index (κ3) is 6.72. The molecule has 35 heavy (non-hydrogen) atoms. The number of ether oxygens (including phenoxy) is 1. The quantitative estimate of drug-likeness (QED) is 0.419. The van der Waals surface area contributed by atoms with E-state index in [2.05, 4.69) is 19.9 Å². The van der Waals surface area contributed by atoms with Gasteiger partial charge in [0.05, 0.1) is 12.6 Å². The Hall–Kier alpha value is -3.13. The largest absolute Gasteiger partial charge is 0.497 e. The number of hydrogen-bond donors (Lipinski definition) is 1. The Morgan fingerprint density at radius 1 is 1.23 bits per heavy atom. The molecule has 1 fully saturated rings. The molecule has 1 aliphatic rings. The van der Waals surface area contributed by atoms with E-state index in [-0.39, 0.29) is 18.3 Å². The van der Waals surface area contributed by atoms with Gasteiger partial charge >= 0.3 is 5.97 Å². The second-order valence-corrected chi connectivity index (χ2v) is 9.34. The Bertz CT molecular complexity index is 1110. The molecule has 1 aliphatic heterocycles. The van der Waals surface area contributed by atoms with Crippen molar-refractivity contribution in [3.8, 4) is 5.75 Å². The molecule has 0 saturated carbocycles. The zero-order chi connectivity index (χ0) is 24.6. The second kappa shape index (κ2) is 12.0. The molecule has 0 aliphatic carbocycles. The lowest BCUT2D eigenvalue weighted by molar-refractivity contribution is -0.139. The summed E-state index contributed by atoms with van der Waals surface area (Å²) in [6.45, 7) is 2.56. The minimum Gasteiger partial charge on any atom is -0.497 e. The molecule has 8 heteroatoms. The molecule has 0 unspecified atom stereocenters. The van der Waals surface area contributed by atoms with Crippen molar-refractivity contribution in [2.75, 3.05) is 26.7 Å². The van der Waals surface area contributed by atoms with Crippen LogP contribution in [0.2, 0.25) is 0 Å². The van der Waals surface area contributed by atoms with Gasteiger partial charge in [-0.25, -0.2) is 14.4 Å². The summed E-state index contributed by atoms with van der Waals surface area (Å²) in [6.07, 6.45) is 7.71. The third-order valence-electron chi connectivity index (χ3n) is 7.07. The van der Waals surface area contributed by atoms with E-state index in [1.807, 2.05) is 24.3 Å². The van der Waals surface area contributed by atoms with Gasteiger partial charge in [-0.15, -0.1) is 0 Å². The number of carboxylic acid groups (broad SMARTS) is 1. The molecule has 0 amide bonds. The highest BCUT2D eigenvalue weighted by Gasteiger charge is 2.31. The lowest BCUT2D eigenvalue weighted by atomic mass is 9.79. The number of halogens is 1. The summed E-state index contributed by atoms with van der Waals surface area (Å²) in [4.78, 5) is 26.5. The number of nitrogens with zero attached hydrogens (tertiary/aromatic N) is 4. The molecule has 3 atom stereocenters. The maximum absolute atomic E-state index is 15.4. The number of aliphatic carboxylic acids is 1. The number of likely N-dealkylation sites (tertiary alicyclic amines) is 1. The summed E-state index contributed by atoms with van der Waals surface area (Å²) >= 11 is 0. The van der Waals surface area contributed by atoms with E-state index in [0.29, 0.717) is 24.2 Å². The van der Waals surface area contributed by atoms with E-state index in [1.165, 1.54) is 0 Å². The van der Waals surface area contributed by atoms with Crippen LogP contribution in [0.15, 0.2) is 49.1 Å². The highest BCUT2D eigenvalue weighted by Crippen LogP contribution is 2.36. The van der Waals surface area contributed by atoms with E-state index in [0.717, 1.165) is 55.5 Å². The van der Waals surface area contributed by atoms with Crippen LogP contribution in [0.25, 0.3) is 10.9 Å². The number of rotatable bonds is 11. The van der Waals surface area contributed by atoms with Crippen LogP contribution in [-0.2, 0) is 11.2 Å². The summed E-state index contributed by atoms with van der Waals surface area (Å²) in [5.41, 5.74) is 2.38. The van der Waals surface area contributed by atoms with Gasteiger partial charge in [-0.1, -0.05) is 0 Å². The lowest BCUT2D eigenvalue weighted by Gasteiger charge is -2.38. The topological polar surface area (TPSA) is 88.4 Å². The fourth-order valence-electron chi connectivity index (χ4n) is 5.21. The Balaban J connectivity index is 1.35. The summed E-state index contributed by atoms with van der Waals surface area (Å²) in [6, 6.07) is 9.16. The first-order chi connectivity index (χ1) is 17.0. The molecule has 0 bridgehead atoms. The van der Waals surface area contributed by atoms with E-state index in [1.54, 1.807) is 31.9 Å². The maximum Gasteiger partial charge on any atom is 0.303 e. The van der Waals surface area contributed by atoms with Crippen molar-refractivity contribution in [2.24, 2.45) is 11.8 Å². The van der Waals surface area contributed by atoms with Crippen LogP contribution < -0.4 is 4.74 Å². The standard InChI is InChI=1S/C27H33FN4O3/c1-35-22-5-7-26-24(16-22)23(9-12-30-26)25(28)6-4-19-10-14-32(17-20(19)15-27(33)34)13-2-3-21-8-11-29-18-31-21/h5,7-9,11-12,16,18-20,25H,2-4,6,10,13-15,17H2,1H3,(H,33,34)/t19-,20+,25-/m1/s1. The molecular formula is C27H33FN4O3. The van der Waals surface area contributed by atoms with Crippen molar-refractivity contribution in [3.05, 3.63) is 60.3 Å². The Morgan fingerprint density at radius 3 is 2.89 bits per heavy atom. The summed E-state index contributed by atoms with van der Waals surface area (Å²) in [5, 5.41) is 10.3. The molecule has 3 heterocycles. The van der Waals surface area contributed by atoms with Crippen LogP contribution in [0.4, 0.5) is 4.39 Å². The minimum atomic E-state index is -1.14. The first-order valence-electron chi connectivity index (χ1n) is 12.3. The first kappa shape index (κ1) is 25.0. The lowest BCUT2D eigenvalue weighted by Crippen LogP contribution is -2.42. The second-order valence-electron chi connectivity index (χ2n) is 9.34. The number of alkyl halides is 1. The average Bonchev–Trinajstić information content (AvgIpc) is 2.87. The van der Waals surface area contributed by atoms with E-state index >= 15 is 4.39 Å². The first-order valence-corrected chi connectivity index (χ1v) is 12.3. The van der Waals surface area contributed by atoms with Crippen LogP contribution in [-0.4, -0.2) is 57.7 Å². The van der Waals surface area contributed by atoms with E-state index in [9.17, 15) is 9.90 Å². The van der Waals surface area contributed by atoms with Crippen LogP contribution in [0, 0.1) is 11.8 Å². The van der Waals surface area contributed by atoms with Crippen molar-refractivity contribution >= 4 is 16.9 Å². The van der Waals surface area contributed by atoms with Crippen molar-refractivity contribution in [1.29, 1.82) is 0 Å². The van der Waals surface area contributed by atoms with Crippen molar-refractivity contribution in [3.63, 3.8) is 0 Å². The predicted octanol–water partition coefficient (Wildman–Crippen LogP) is 4.87. The number of carboxylic acids is 1. The van der Waals surface area contributed by atoms with Gasteiger partial charge in [-0.2, -0.15) is 0 Å². The number of methoxy groups -OCH3 is 1. The molecule has 1 N–H and O–H groups in total. The summed E-state index contributed by atoms with van der Waals surface area (Å²) in [7, 11) is 1.59. The van der Waals surface area contributed by atoms with Gasteiger partial charge in [0.2, 0.25) is 0 Å². The van der Waals surface area contributed by atoms with Crippen LogP contribution in [0.1, 0.15) is 49.5 Å². The molecule has 7 nitrogen and oxygen atoms in total. The molecule has 0 spiro atoms. The molecule has 3 aromatic rings. The fraction of sp³-hybridized carbons (Fsp3) is 0.481. The maximum atomic E-state index is 15.4. The van der Waals surface area contributed by atoms with Gasteiger partial charge in [0.15, 0.2) is 0 Å². The molecule has 1 saturated heterocycles. The van der Waals surface area contributed by atoms with Crippen molar-refractivity contribution < 1.29 is 19.0 Å². The SMILES string of the molecule is COc1ccc2nccc([C@H](F)CC[C@@H]3CCN(CCCc4ccncn4)C[C@@H]3CC(=O)O)c2c1. The van der Waals surface area contributed by atoms with Crippen LogP contribution >= 0.6 is 0 Å². The molecule has 186 valence electrons. The summed E-state index contributed by atoms with van der Waals surface area (Å²) in [5.74, 6) is 0.117. The highest BCUT2D eigenvalue weighted by atomic mass is 19.1. The smallest absolute Gasteiger partial charge is 0.303 e. The number of carbonyl (C=O) groups is 1. The Labute approximate surface area is 205 Å². The van der Waals surface area contributed by atoms with Gasteiger partial charge in [-0.3, -0.25) is 9.78 Å². The van der Waals surface area contributed by atoms with Crippen LogP contribution in [0.3, 0.4) is 0 Å². The number of pyridine rings is 1. The van der Waals surface area contributed by atoms with Crippen molar-refractivity contribution in [1.82, 2.24) is 19.9 Å². The van der Waals surface area contributed by atoms with Gasteiger partial charge in [0.25, 0.3) is 0 Å². The molecule has 0 radical (unpaired) electrons. The number of piperidine rings is 1. The Morgan fingerprint density at radius 2 is 2.11 bits per heavy atom.